The highest BCUT2D eigenvalue weighted by Gasteiger charge is 2.44. The van der Waals surface area contributed by atoms with Crippen molar-refractivity contribution in [2.75, 3.05) is 20.2 Å². The number of carbonyl (C=O) groups is 1. The van der Waals surface area contributed by atoms with Crippen LogP contribution in [-0.2, 0) is 16.8 Å². The van der Waals surface area contributed by atoms with Crippen LogP contribution in [0.1, 0.15) is 41.9 Å². The third-order valence-corrected chi connectivity index (χ3v) is 6.00. The van der Waals surface area contributed by atoms with Gasteiger partial charge in [-0.1, -0.05) is 36.4 Å². The zero-order chi connectivity index (χ0) is 17.3. The third-order valence-electron chi connectivity index (χ3n) is 6.00. The molecule has 130 valence electrons. The molecule has 1 aliphatic heterocycles. The Kier molecular flexibility index (Phi) is 4.34. The third kappa shape index (κ3) is 2.77. The number of aryl methyl sites for hydroxylation is 1. The minimum atomic E-state index is -0.469. The van der Waals surface area contributed by atoms with Crippen molar-refractivity contribution in [1.29, 1.82) is 0 Å². The van der Waals surface area contributed by atoms with Crippen LogP contribution in [-0.4, -0.2) is 31.4 Å². The summed E-state index contributed by atoms with van der Waals surface area (Å²) >= 11 is 0. The first-order valence-corrected chi connectivity index (χ1v) is 9.20. The van der Waals surface area contributed by atoms with Gasteiger partial charge in [0.05, 0.1) is 7.11 Å². The van der Waals surface area contributed by atoms with E-state index < -0.39 is 5.54 Å². The highest BCUT2D eigenvalue weighted by Crippen LogP contribution is 2.43. The lowest BCUT2D eigenvalue weighted by Crippen LogP contribution is -2.48. The average Bonchev–Trinajstić information content (AvgIpc) is 3.18. The van der Waals surface area contributed by atoms with E-state index in [1.54, 1.807) is 7.11 Å². The molecule has 1 heterocycles. The van der Waals surface area contributed by atoms with E-state index in [2.05, 4.69) is 47.4 Å². The van der Waals surface area contributed by atoms with Gasteiger partial charge in [-0.2, -0.15) is 0 Å². The quantitative estimate of drug-likeness (QED) is 0.793. The minimum absolute atomic E-state index is 0.469. The first-order chi connectivity index (χ1) is 12.3. The van der Waals surface area contributed by atoms with Gasteiger partial charge in [0, 0.05) is 13.1 Å². The predicted octanol–water partition coefficient (Wildman–Crippen LogP) is 3.92. The molecule has 2 aromatic rings. The fourth-order valence-electron chi connectivity index (χ4n) is 4.65. The lowest BCUT2D eigenvalue weighted by Gasteiger charge is -2.42. The Morgan fingerprint density at radius 3 is 2.80 bits per heavy atom. The van der Waals surface area contributed by atoms with Crippen molar-refractivity contribution in [1.82, 2.24) is 4.90 Å². The maximum atomic E-state index is 12.4. The minimum Gasteiger partial charge on any atom is -0.497 e. The number of methoxy groups -OCH3 is 1. The van der Waals surface area contributed by atoms with Crippen molar-refractivity contribution >= 4 is 6.29 Å². The molecular weight excluding hydrogens is 310 g/mol. The van der Waals surface area contributed by atoms with Crippen LogP contribution in [0.4, 0.5) is 0 Å². The second-order valence-electron chi connectivity index (χ2n) is 7.26. The van der Waals surface area contributed by atoms with E-state index in [4.69, 9.17) is 4.74 Å². The van der Waals surface area contributed by atoms with Gasteiger partial charge in [0.2, 0.25) is 0 Å². The Bertz CT molecular complexity index is 758. The van der Waals surface area contributed by atoms with Crippen LogP contribution in [0.3, 0.4) is 0 Å². The molecule has 2 aliphatic rings. The summed E-state index contributed by atoms with van der Waals surface area (Å²) in [7, 11) is 1.70. The number of aldehydes is 1. The Labute approximate surface area is 149 Å². The van der Waals surface area contributed by atoms with Crippen LogP contribution in [0.15, 0.2) is 48.5 Å². The van der Waals surface area contributed by atoms with Gasteiger partial charge in [0.25, 0.3) is 0 Å². The molecule has 3 nitrogen and oxygen atoms in total. The van der Waals surface area contributed by atoms with E-state index in [1.165, 1.54) is 23.0 Å². The number of hydrogen-bond donors (Lipinski definition) is 0. The number of hydrogen-bond acceptors (Lipinski definition) is 3. The molecule has 2 aromatic carbocycles. The Morgan fingerprint density at radius 2 is 2.04 bits per heavy atom. The van der Waals surface area contributed by atoms with E-state index in [-0.39, 0.29) is 0 Å². The van der Waals surface area contributed by atoms with E-state index in [0.29, 0.717) is 5.92 Å². The number of likely N-dealkylation sites (tertiary alicyclic amines) is 1. The van der Waals surface area contributed by atoms with E-state index >= 15 is 0 Å². The van der Waals surface area contributed by atoms with Crippen molar-refractivity contribution in [3.8, 4) is 5.75 Å². The fraction of sp³-hybridized carbons (Fsp3) is 0.409. The second kappa shape index (κ2) is 6.64. The molecule has 3 heteroatoms. The first kappa shape index (κ1) is 16.3. The first-order valence-electron chi connectivity index (χ1n) is 9.20. The lowest BCUT2D eigenvalue weighted by molar-refractivity contribution is -0.119. The van der Waals surface area contributed by atoms with Crippen molar-refractivity contribution in [3.63, 3.8) is 0 Å². The molecule has 0 radical (unpaired) electrons. The number of nitrogens with zero attached hydrogens (tertiary/aromatic N) is 1. The summed E-state index contributed by atoms with van der Waals surface area (Å²) < 4.78 is 5.38. The Hall–Kier alpha value is -2.13. The van der Waals surface area contributed by atoms with Crippen molar-refractivity contribution in [2.24, 2.45) is 0 Å². The topological polar surface area (TPSA) is 29.5 Å². The Morgan fingerprint density at radius 1 is 1.20 bits per heavy atom. The predicted molar refractivity (Wildman–Crippen MR) is 99.0 cm³/mol. The zero-order valence-corrected chi connectivity index (χ0v) is 14.8. The highest BCUT2D eigenvalue weighted by atomic mass is 16.5. The zero-order valence-electron chi connectivity index (χ0n) is 14.8. The smallest absolute Gasteiger partial charge is 0.144 e. The van der Waals surface area contributed by atoms with E-state index in [1.807, 2.05) is 6.07 Å². The number of rotatable bonds is 4. The molecule has 0 amide bonds. The molecule has 2 atom stereocenters. The molecule has 25 heavy (non-hydrogen) atoms. The standard InChI is InChI=1S/C22H25NO2/c1-25-20-9-10-21-18(14-20)8-5-12-22(21,16-24)23-13-11-19(15-23)17-6-3-2-4-7-17/h2-4,6-7,9-10,14,16,19H,5,8,11-13,15H2,1H3. The normalized spacial score (nSPS) is 26.2. The van der Waals surface area contributed by atoms with Crippen LogP contribution in [0.2, 0.25) is 0 Å². The van der Waals surface area contributed by atoms with Crippen LogP contribution in [0.25, 0.3) is 0 Å². The summed E-state index contributed by atoms with van der Waals surface area (Å²) in [5.74, 6) is 1.39. The number of benzene rings is 2. The largest absolute Gasteiger partial charge is 0.497 e. The van der Waals surface area contributed by atoms with Gasteiger partial charge >= 0.3 is 0 Å². The molecule has 0 spiro atoms. The van der Waals surface area contributed by atoms with Gasteiger partial charge in [-0.05, 0) is 60.4 Å². The van der Waals surface area contributed by atoms with Crippen LogP contribution >= 0.6 is 0 Å². The van der Waals surface area contributed by atoms with Crippen LogP contribution < -0.4 is 4.74 Å². The summed E-state index contributed by atoms with van der Waals surface area (Å²) in [6.45, 7) is 1.93. The molecule has 1 fully saturated rings. The molecule has 0 aromatic heterocycles. The van der Waals surface area contributed by atoms with Gasteiger partial charge in [0.15, 0.2) is 0 Å². The molecule has 0 bridgehead atoms. The molecule has 0 N–H and O–H groups in total. The van der Waals surface area contributed by atoms with Crippen LogP contribution in [0.5, 0.6) is 5.75 Å². The number of carbonyl (C=O) groups excluding carboxylic acids is 1. The van der Waals surface area contributed by atoms with Crippen molar-refractivity contribution in [3.05, 3.63) is 65.2 Å². The molecule has 0 saturated carbocycles. The highest BCUT2D eigenvalue weighted by molar-refractivity contribution is 5.70. The van der Waals surface area contributed by atoms with E-state index in [0.717, 1.165) is 44.5 Å². The molecule has 1 saturated heterocycles. The summed E-state index contributed by atoms with van der Waals surface area (Å²) in [5.41, 5.74) is 3.37. The van der Waals surface area contributed by atoms with Gasteiger partial charge in [-0.15, -0.1) is 0 Å². The van der Waals surface area contributed by atoms with Gasteiger partial charge in [-0.3, -0.25) is 4.90 Å². The van der Waals surface area contributed by atoms with Crippen molar-refractivity contribution in [2.45, 2.75) is 37.1 Å². The fourth-order valence-corrected chi connectivity index (χ4v) is 4.65. The summed E-state index contributed by atoms with van der Waals surface area (Å²) in [6.07, 6.45) is 5.30. The maximum Gasteiger partial charge on any atom is 0.144 e. The molecule has 4 rings (SSSR count). The van der Waals surface area contributed by atoms with Gasteiger partial charge in [0.1, 0.15) is 17.6 Å². The average molecular weight is 335 g/mol. The number of ether oxygens (including phenoxy) is 1. The van der Waals surface area contributed by atoms with Crippen molar-refractivity contribution < 1.29 is 9.53 Å². The molecular formula is C22H25NO2. The maximum absolute atomic E-state index is 12.4. The summed E-state index contributed by atoms with van der Waals surface area (Å²) in [4.78, 5) is 14.8. The molecule has 1 aliphatic carbocycles. The van der Waals surface area contributed by atoms with Gasteiger partial charge in [-0.25, -0.2) is 0 Å². The Balaban J connectivity index is 1.66. The lowest BCUT2D eigenvalue weighted by atomic mass is 9.76. The SMILES string of the molecule is COc1ccc2c(c1)CCCC2(C=O)N1CCC(c2ccccc2)C1. The summed E-state index contributed by atoms with van der Waals surface area (Å²) in [6, 6.07) is 16.9. The monoisotopic (exact) mass is 335 g/mol. The molecule has 2 unspecified atom stereocenters. The van der Waals surface area contributed by atoms with Gasteiger partial charge < -0.3 is 9.53 Å². The second-order valence-corrected chi connectivity index (χ2v) is 7.26. The van der Waals surface area contributed by atoms with Crippen LogP contribution in [0, 0.1) is 0 Å². The van der Waals surface area contributed by atoms with E-state index in [9.17, 15) is 4.79 Å². The summed E-state index contributed by atoms with van der Waals surface area (Å²) in [5, 5.41) is 0. The number of fused-ring (bicyclic) bond motifs is 1.